The van der Waals surface area contributed by atoms with Gasteiger partial charge < -0.3 is 19.7 Å². The molecule has 1 aliphatic rings. The van der Waals surface area contributed by atoms with Crippen LogP contribution >= 0.6 is 0 Å². The van der Waals surface area contributed by atoms with E-state index < -0.39 is 11.9 Å². The van der Waals surface area contributed by atoms with E-state index >= 15 is 0 Å². The minimum absolute atomic E-state index is 0.235. The molecule has 1 saturated heterocycles. The number of aryl methyl sites for hydroxylation is 2. The number of likely N-dealkylation sites (tertiary alicyclic amines) is 1. The summed E-state index contributed by atoms with van der Waals surface area (Å²) >= 11 is 0. The highest BCUT2D eigenvalue weighted by Gasteiger charge is 2.31. The number of nitrogens with zero attached hydrogens (tertiary/aromatic N) is 2. The lowest BCUT2D eigenvalue weighted by molar-refractivity contribution is -0.141. The predicted octanol–water partition coefficient (Wildman–Crippen LogP) is 2.90. The van der Waals surface area contributed by atoms with Crippen molar-refractivity contribution in [2.24, 2.45) is 5.92 Å². The first-order valence-electron chi connectivity index (χ1n) is 7.76. The van der Waals surface area contributed by atoms with Gasteiger partial charge in [-0.1, -0.05) is 6.07 Å². The quantitative estimate of drug-likeness (QED) is 0.902. The van der Waals surface area contributed by atoms with E-state index in [4.69, 9.17) is 9.52 Å². The lowest BCUT2D eigenvalue weighted by atomic mass is 10.1. The van der Waals surface area contributed by atoms with Gasteiger partial charge in [0.25, 0.3) is 0 Å². The van der Waals surface area contributed by atoms with Crippen LogP contribution in [-0.4, -0.2) is 40.1 Å². The van der Waals surface area contributed by atoms with Crippen LogP contribution in [0, 0.1) is 19.8 Å². The maximum absolute atomic E-state index is 12.4. The molecule has 3 rings (SSSR count). The van der Waals surface area contributed by atoms with Gasteiger partial charge in [-0.25, -0.2) is 9.78 Å². The highest BCUT2D eigenvalue weighted by atomic mass is 16.4. The van der Waals surface area contributed by atoms with Gasteiger partial charge in [0.2, 0.25) is 5.89 Å². The molecule has 0 aliphatic carbocycles. The normalized spacial score (nSPS) is 17.1. The zero-order valence-electron chi connectivity index (χ0n) is 13.6. The molecule has 0 saturated carbocycles. The molecule has 24 heavy (non-hydrogen) atoms. The van der Waals surface area contributed by atoms with Crippen molar-refractivity contribution in [1.29, 1.82) is 0 Å². The third kappa shape index (κ3) is 3.24. The smallest absolute Gasteiger partial charge is 0.321 e. The van der Waals surface area contributed by atoms with Crippen LogP contribution in [0.4, 0.5) is 10.5 Å². The summed E-state index contributed by atoms with van der Waals surface area (Å²) in [5.74, 6) is -0.851. The fourth-order valence-electron chi connectivity index (χ4n) is 2.72. The van der Waals surface area contributed by atoms with Crippen LogP contribution in [0.15, 0.2) is 28.9 Å². The monoisotopic (exact) mass is 329 g/mol. The predicted molar refractivity (Wildman–Crippen MR) is 87.7 cm³/mol. The van der Waals surface area contributed by atoms with E-state index in [1.165, 1.54) is 4.90 Å². The number of carboxylic acids is 1. The Morgan fingerprint density at radius 3 is 2.79 bits per heavy atom. The highest BCUT2D eigenvalue weighted by Crippen LogP contribution is 2.26. The van der Waals surface area contributed by atoms with E-state index in [0.717, 1.165) is 16.8 Å². The summed E-state index contributed by atoms with van der Waals surface area (Å²) in [7, 11) is 0. The van der Waals surface area contributed by atoms with Gasteiger partial charge in [0.1, 0.15) is 6.26 Å². The first-order valence-corrected chi connectivity index (χ1v) is 7.76. The van der Waals surface area contributed by atoms with Crippen molar-refractivity contribution >= 4 is 17.7 Å². The molecular weight excluding hydrogens is 310 g/mol. The summed E-state index contributed by atoms with van der Waals surface area (Å²) in [5, 5.41) is 11.9. The Bertz CT molecular complexity index is 784. The average Bonchev–Trinajstić information content (AvgIpc) is 3.18. The molecule has 1 aliphatic heterocycles. The molecule has 1 fully saturated rings. The molecule has 1 atom stereocenters. The number of urea groups is 1. The lowest BCUT2D eigenvalue weighted by Crippen LogP contribution is -2.34. The van der Waals surface area contributed by atoms with Gasteiger partial charge in [0, 0.05) is 24.3 Å². The molecule has 1 aromatic carbocycles. The number of hydrogen-bond donors (Lipinski definition) is 2. The Morgan fingerprint density at radius 1 is 1.38 bits per heavy atom. The Balaban J connectivity index is 1.75. The Kier molecular flexibility index (Phi) is 4.24. The number of benzene rings is 1. The number of anilines is 1. The first-order chi connectivity index (χ1) is 11.4. The highest BCUT2D eigenvalue weighted by molar-refractivity contribution is 5.91. The number of carbonyl (C=O) groups excluding carboxylic acids is 1. The maximum Gasteiger partial charge on any atom is 0.321 e. The molecule has 2 aromatic rings. The van der Waals surface area contributed by atoms with Crippen LogP contribution in [0.5, 0.6) is 0 Å². The number of rotatable bonds is 3. The van der Waals surface area contributed by atoms with Gasteiger partial charge in [-0.2, -0.15) is 0 Å². The molecule has 126 valence electrons. The van der Waals surface area contributed by atoms with E-state index in [1.807, 2.05) is 32.0 Å². The van der Waals surface area contributed by atoms with Gasteiger partial charge in [-0.3, -0.25) is 4.79 Å². The van der Waals surface area contributed by atoms with Crippen molar-refractivity contribution in [3.05, 3.63) is 35.7 Å². The van der Waals surface area contributed by atoms with E-state index in [9.17, 15) is 9.59 Å². The number of aliphatic carboxylic acids is 1. The van der Waals surface area contributed by atoms with Gasteiger partial charge in [-0.05, 0) is 38.0 Å². The van der Waals surface area contributed by atoms with E-state index in [0.29, 0.717) is 24.5 Å². The van der Waals surface area contributed by atoms with Crippen molar-refractivity contribution in [3.63, 3.8) is 0 Å². The number of nitrogens with one attached hydrogen (secondary N) is 1. The van der Waals surface area contributed by atoms with Crippen molar-refractivity contribution in [3.8, 4) is 11.5 Å². The molecule has 1 aromatic heterocycles. The number of oxazole rings is 1. The molecule has 1 unspecified atom stereocenters. The molecule has 0 radical (unpaired) electrons. The molecule has 0 bridgehead atoms. The van der Waals surface area contributed by atoms with E-state index in [1.54, 1.807) is 6.26 Å². The zero-order valence-corrected chi connectivity index (χ0v) is 13.6. The summed E-state index contributed by atoms with van der Waals surface area (Å²) in [6, 6.07) is 5.28. The maximum atomic E-state index is 12.4. The number of aromatic nitrogens is 1. The summed E-state index contributed by atoms with van der Waals surface area (Å²) in [4.78, 5) is 29.2. The molecule has 2 heterocycles. The summed E-state index contributed by atoms with van der Waals surface area (Å²) in [6.45, 7) is 4.42. The third-order valence-corrected chi connectivity index (χ3v) is 4.17. The first kappa shape index (κ1) is 16.0. The molecule has 7 heteroatoms. The second-order valence-electron chi connectivity index (χ2n) is 6.02. The third-order valence-electron chi connectivity index (χ3n) is 4.17. The van der Waals surface area contributed by atoms with Crippen LogP contribution in [0.2, 0.25) is 0 Å². The second kappa shape index (κ2) is 6.35. The number of hydrogen-bond acceptors (Lipinski definition) is 4. The van der Waals surface area contributed by atoms with Gasteiger partial charge in [-0.15, -0.1) is 0 Å². The van der Waals surface area contributed by atoms with Gasteiger partial charge in [0.05, 0.1) is 11.6 Å². The Hall–Kier alpha value is -2.83. The largest absolute Gasteiger partial charge is 0.481 e. The SMILES string of the molecule is Cc1coc(-c2ccc(C)c(NC(=O)N3CCC(C(=O)O)C3)c2)n1. The molecule has 0 spiro atoms. The van der Waals surface area contributed by atoms with Crippen LogP contribution in [0.3, 0.4) is 0 Å². The van der Waals surface area contributed by atoms with Gasteiger partial charge in [0.15, 0.2) is 0 Å². The second-order valence-corrected chi connectivity index (χ2v) is 6.02. The average molecular weight is 329 g/mol. The topological polar surface area (TPSA) is 95.7 Å². The van der Waals surface area contributed by atoms with Crippen molar-refractivity contribution in [1.82, 2.24) is 9.88 Å². The lowest BCUT2D eigenvalue weighted by Gasteiger charge is -2.18. The van der Waals surface area contributed by atoms with Crippen LogP contribution in [0.1, 0.15) is 17.7 Å². The van der Waals surface area contributed by atoms with E-state index in [-0.39, 0.29) is 12.6 Å². The van der Waals surface area contributed by atoms with Crippen molar-refractivity contribution < 1.29 is 19.1 Å². The summed E-state index contributed by atoms with van der Waals surface area (Å²) < 4.78 is 5.39. The van der Waals surface area contributed by atoms with Crippen LogP contribution < -0.4 is 5.32 Å². The molecule has 2 amide bonds. The number of amides is 2. The fourth-order valence-corrected chi connectivity index (χ4v) is 2.72. The number of carbonyl (C=O) groups is 2. The standard InChI is InChI=1S/C17H19N3O4/c1-10-3-4-12(15-18-11(2)9-24-15)7-14(10)19-17(23)20-6-5-13(8-20)16(21)22/h3-4,7,9,13H,5-6,8H2,1-2H3,(H,19,23)(H,21,22). The van der Waals surface area contributed by atoms with Crippen molar-refractivity contribution in [2.75, 3.05) is 18.4 Å². The molecule has 2 N–H and O–H groups in total. The molecule has 7 nitrogen and oxygen atoms in total. The molecular formula is C17H19N3O4. The summed E-state index contributed by atoms with van der Waals surface area (Å²) in [6.07, 6.45) is 2.06. The van der Waals surface area contributed by atoms with Crippen LogP contribution in [-0.2, 0) is 4.79 Å². The van der Waals surface area contributed by atoms with Crippen LogP contribution in [0.25, 0.3) is 11.5 Å². The number of carboxylic acid groups (broad SMARTS) is 1. The zero-order chi connectivity index (χ0) is 17.3. The summed E-state index contributed by atoms with van der Waals surface area (Å²) in [5.41, 5.74) is 3.12. The Morgan fingerprint density at radius 2 is 2.17 bits per heavy atom. The van der Waals surface area contributed by atoms with Gasteiger partial charge >= 0.3 is 12.0 Å². The minimum atomic E-state index is -0.859. The van der Waals surface area contributed by atoms with Crippen molar-refractivity contribution in [2.45, 2.75) is 20.3 Å². The Labute approximate surface area is 139 Å². The van der Waals surface area contributed by atoms with E-state index in [2.05, 4.69) is 10.3 Å². The fraction of sp³-hybridized carbons (Fsp3) is 0.353. The minimum Gasteiger partial charge on any atom is -0.481 e.